The van der Waals surface area contributed by atoms with Gasteiger partial charge in [-0.3, -0.25) is 0 Å². The number of anilines is 8. The van der Waals surface area contributed by atoms with Crippen molar-refractivity contribution in [1.29, 1.82) is 0 Å². The predicted octanol–water partition coefficient (Wildman–Crippen LogP) is 17.5. The molecule has 0 amide bonds. The normalized spacial score (nSPS) is 16.6. The molecule has 0 bridgehead atoms. The zero-order valence-corrected chi connectivity index (χ0v) is 36.9. The fourth-order valence-electron chi connectivity index (χ4n) is 9.84. The molecule has 5 heteroatoms. The molecule has 0 spiro atoms. The van der Waals surface area contributed by atoms with Crippen molar-refractivity contribution in [2.75, 3.05) is 14.7 Å². The Labute approximate surface area is 381 Å². The van der Waals surface area contributed by atoms with Gasteiger partial charge < -0.3 is 14.7 Å². The minimum atomic E-state index is -0.190. The maximum absolute atomic E-state index is 2.53. The summed E-state index contributed by atoms with van der Waals surface area (Å²) >= 11 is 3.76. The number of hydrogen-bond acceptors (Lipinski definition) is 5. The van der Waals surface area contributed by atoms with Crippen LogP contribution in [0.1, 0.15) is 6.92 Å². The van der Waals surface area contributed by atoms with Crippen LogP contribution in [-0.4, -0.2) is 6.04 Å². The summed E-state index contributed by atoms with van der Waals surface area (Å²) in [6.07, 6.45) is 15.8. The van der Waals surface area contributed by atoms with Crippen LogP contribution in [0.2, 0.25) is 0 Å². The summed E-state index contributed by atoms with van der Waals surface area (Å²) in [7, 11) is 0. The first-order chi connectivity index (χ1) is 31.6. The van der Waals surface area contributed by atoms with Crippen LogP contribution in [0, 0.1) is 5.41 Å². The molecule has 0 saturated heterocycles. The smallest absolute Gasteiger partial charge is 0.0654 e. The number of benzene rings is 8. The van der Waals surface area contributed by atoms with E-state index in [0.717, 1.165) is 28.4 Å². The molecular weight excluding hydrogens is 815 g/mol. The van der Waals surface area contributed by atoms with Crippen molar-refractivity contribution in [2.45, 2.75) is 13.0 Å². The van der Waals surface area contributed by atoms with Gasteiger partial charge in [-0.25, -0.2) is 0 Å². The van der Waals surface area contributed by atoms with Gasteiger partial charge in [0, 0.05) is 70.5 Å². The van der Waals surface area contributed by atoms with Gasteiger partial charge >= 0.3 is 0 Å². The van der Waals surface area contributed by atoms with Crippen LogP contribution in [0.25, 0.3) is 40.3 Å². The van der Waals surface area contributed by atoms with E-state index in [1.54, 1.807) is 0 Å². The van der Waals surface area contributed by atoms with Gasteiger partial charge in [0.25, 0.3) is 0 Å². The topological polar surface area (TPSA) is 9.72 Å². The highest BCUT2D eigenvalue weighted by molar-refractivity contribution is 7.27. The maximum atomic E-state index is 2.53. The molecule has 2 aliphatic carbocycles. The molecule has 0 radical (unpaired) electrons. The van der Waals surface area contributed by atoms with Crippen LogP contribution in [-0.2, 0) is 0 Å². The predicted molar refractivity (Wildman–Crippen MR) is 278 cm³/mol. The van der Waals surface area contributed by atoms with E-state index < -0.39 is 0 Å². The van der Waals surface area contributed by atoms with Crippen LogP contribution < -0.4 is 14.7 Å². The first-order valence-corrected chi connectivity index (χ1v) is 23.5. The summed E-state index contributed by atoms with van der Waals surface area (Å²) in [5.74, 6) is 0. The summed E-state index contributed by atoms with van der Waals surface area (Å²) in [6, 6.07) is 70.8. The lowest BCUT2D eigenvalue weighted by Gasteiger charge is -2.45. The first-order valence-electron chi connectivity index (χ1n) is 21.9. The average Bonchev–Trinajstić information content (AvgIpc) is 3.93. The Bertz CT molecular complexity index is 3430. The van der Waals surface area contributed by atoms with Gasteiger partial charge in [0.2, 0.25) is 0 Å². The lowest BCUT2D eigenvalue weighted by molar-refractivity contribution is 0.450. The lowest BCUT2D eigenvalue weighted by atomic mass is 9.70. The summed E-state index contributed by atoms with van der Waals surface area (Å²) < 4.78 is 5.09. The third-order valence-corrected chi connectivity index (χ3v) is 15.3. The summed E-state index contributed by atoms with van der Waals surface area (Å²) in [5.41, 5.74) is 10.3. The zero-order chi connectivity index (χ0) is 42.6. The molecule has 0 aliphatic heterocycles. The van der Waals surface area contributed by atoms with Crippen LogP contribution in [0.15, 0.2) is 242 Å². The monoisotopic (exact) mass is 857 g/mol. The fraction of sp³-hybridized carbons (Fsp3) is 0.0508. The molecule has 64 heavy (non-hydrogen) atoms. The molecule has 8 aromatic carbocycles. The molecule has 2 aliphatic rings. The second-order valence-corrected chi connectivity index (χ2v) is 18.8. The number of thiophene rings is 2. The molecule has 2 aromatic heterocycles. The molecule has 12 rings (SSSR count). The third-order valence-electron chi connectivity index (χ3n) is 12.9. The Morgan fingerprint density at radius 1 is 0.422 bits per heavy atom. The minimum Gasteiger partial charge on any atom is -0.333 e. The van der Waals surface area contributed by atoms with Crippen molar-refractivity contribution < 1.29 is 0 Å². The Balaban J connectivity index is 1.03. The molecule has 306 valence electrons. The largest absolute Gasteiger partial charge is 0.333 e. The second-order valence-electron chi connectivity index (χ2n) is 16.7. The highest BCUT2D eigenvalue weighted by atomic mass is 32.1. The van der Waals surface area contributed by atoms with E-state index in [9.17, 15) is 0 Å². The second kappa shape index (κ2) is 15.7. The molecular formula is C59H43N3S2. The van der Waals surface area contributed by atoms with E-state index in [0.29, 0.717) is 0 Å². The van der Waals surface area contributed by atoms with E-state index in [1.165, 1.54) is 63.0 Å². The van der Waals surface area contributed by atoms with Crippen LogP contribution >= 0.6 is 22.7 Å². The van der Waals surface area contributed by atoms with Gasteiger partial charge in [0.1, 0.15) is 0 Å². The van der Waals surface area contributed by atoms with Crippen LogP contribution in [0.5, 0.6) is 0 Å². The average molecular weight is 858 g/mol. The van der Waals surface area contributed by atoms with Gasteiger partial charge in [-0.1, -0.05) is 146 Å². The Morgan fingerprint density at radius 3 is 1.59 bits per heavy atom. The van der Waals surface area contributed by atoms with E-state index in [2.05, 4.69) is 258 Å². The number of hydrogen-bond donors (Lipinski definition) is 0. The van der Waals surface area contributed by atoms with E-state index in [1.807, 2.05) is 22.7 Å². The lowest BCUT2D eigenvalue weighted by Crippen LogP contribution is -2.44. The zero-order valence-electron chi connectivity index (χ0n) is 35.3. The van der Waals surface area contributed by atoms with Crippen molar-refractivity contribution in [3.8, 4) is 0 Å². The minimum absolute atomic E-state index is 0.0819. The summed E-state index contributed by atoms with van der Waals surface area (Å²) in [6.45, 7) is 2.37. The van der Waals surface area contributed by atoms with Gasteiger partial charge in [0.15, 0.2) is 0 Å². The van der Waals surface area contributed by atoms with Gasteiger partial charge in [-0.2, -0.15) is 0 Å². The van der Waals surface area contributed by atoms with E-state index in [-0.39, 0.29) is 11.5 Å². The highest BCUT2D eigenvalue weighted by Crippen LogP contribution is 2.51. The van der Waals surface area contributed by atoms with Crippen LogP contribution in [0.3, 0.4) is 0 Å². The van der Waals surface area contributed by atoms with Gasteiger partial charge in [0.05, 0.1) is 26.8 Å². The molecule has 3 nitrogen and oxygen atoms in total. The first kappa shape index (κ1) is 38.3. The fourth-order valence-corrected chi connectivity index (χ4v) is 12.3. The summed E-state index contributed by atoms with van der Waals surface area (Å²) in [5, 5.41) is 5.09. The Kier molecular flexibility index (Phi) is 9.40. The number of nitrogens with zero attached hydrogens (tertiary/aromatic N) is 3. The SMILES string of the molecule is CC12C=CC=CC1=CC=CC2N(c1ccccc1)c1ccc2c(c1)sc1c(N(c3ccc(N(c4ccccc4)c4ccccc4)cc3)c3cccc4c3sc3ccccc34)cccc12. The molecule has 2 heterocycles. The Hall–Kier alpha value is -7.44. The van der Waals surface area contributed by atoms with Gasteiger partial charge in [-0.15, -0.1) is 22.7 Å². The molecule has 10 aromatic rings. The van der Waals surface area contributed by atoms with Crippen LogP contribution in [0.4, 0.5) is 45.5 Å². The van der Waals surface area contributed by atoms with Crippen molar-refractivity contribution >= 4 is 109 Å². The molecule has 2 unspecified atom stereocenters. The Morgan fingerprint density at radius 2 is 0.938 bits per heavy atom. The van der Waals surface area contributed by atoms with Crippen molar-refractivity contribution in [2.24, 2.45) is 5.41 Å². The summed E-state index contributed by atoms with van der Waals surface area (Å²) in [4.78, 5) is 7.35. The number of rotatable bonds is 9. The van der Waals surface area contributed by atoms with E-state index in [4.69, 9.17) is 0 Å². The molecule has 0 N–H and O–H groups in total. The number of para-hydroxylation sites is 3. The highest BCUT2D eigenvalue weighted by Gasteiger charge is 2.40. The van der Waals surface area contributed by atoms with Gasteiger partial charge in [-0.05, 0) is 103 Å². The number of allylic oxidation sites excluding steroid dienone is 5. The standard InChI is InChI=1S/C59H43N3S2/c1-59-39-14-13-18-41(59)19-15-32-56(59)61(44-24-9-4-10-25-44)47-37-38-49-51-28-17-30-53(58(51)64-55(49)40-47)62(52-29-16-27-50-48-26-11-12-31-54(48)63-57(50)52)46-35-33-45(34-36-46)60(42-20-5-2-6-21-42)43-22-7-3-8-23-43/h2-40,56H,1H3. The molecule has 0 fully saturated rings. The maximum Gasteiger partial charge on any atom is 0.0654 e. The van der Waals surface area contributed by atoms with Crippen molar-refractivity contribution in [1.82, 2.24) is 0 Å². The molecule has 0 saturated carbocycles. The molecule has 2 atom stereocenters. The van der Waals surface area contributed by atoms with Crippen molar-refractivity contribution in [3.05, 3.63) is 242 Å². The van der Waals surface area contributed by atoms with E-state index >= 15 is 0 Å². The third kappa shape index (κ3) is 6.39. The number of fused-ring (bicyclic) bond motifs is 7. The van der Waals surface area contributed by atoms with Crippen molar-refractivity contribution in [3.63, 3.8) is 0 Å². The quantitative estimate of drug-likeness (QED) is 0.143.